The summed E-state index contributed by atoms with van der Waals surface area (Å²) in [5, 5.41) is 0. The minimum absolute atomic E-state index is 0.0962. The van der Waals surface area contributed by atoms with Crippen LogP contribution in [-0.4, -0.2) is 38.0 Å². The van der Waals surface area contributed by atoms with Crippen molar-refractivity contribution in [2.75, 3.05) is 36.1 Å². The van der Waals surface area contributed by atoms with Crippen LogP contribution in [0.15, 0.2) is 35.7 Å². The summed E-state index contributed by atoms with van der Waals surface area (Å²) in [5.74, 6) is -0.253. The average Bonchev–Trinajstić information content (AvgIpc) is 2.81. The maximum absolute atomic E-state index is 12.2. The zero-order valence-corrected chi connectivity index (χ0v) is 12.5. The number of Topliss-reactive ketones (excluding diaryl/α,β-unsaturated/α-hetero) is 1. The highest BCUT2D eigenvalue weighted by atomic mass is 16.5. The molecule has 6 nitrogen and oxygen atoms in total. The number of amides is 1. The predicted octanol–water partition coefficient (Wildman–Crippen LogP) is 1.02. The Balaban J connectivity index is 2.09. The molecule has 0 unspecified atom stereocenters. The van der Waals surface area contributed by atoms with Crippen molar-refractivity contribution in [1.29, 1.82) is 0 Å². The molecule has 6 heteroatoms. The molecule has 0 radical (unpaired) electrons. The number of carbonyl (C=O) groups excluding carboxylic acids is 2. The van der Waals surface area contributed by atoms with Crippen molar-refractivity contribution < 1.29 is 14.3 Å². The van der Waals surface area contributed by atoms with E-state index in [4.69, 9.17) is 10.5 Å². The lowest BCUT2D eigenvalue weighted by Crippen LogP contribution is -2.41. The number of rotatable bonds is 5. The lowest BCUT2D eigenvalue weighted by Gasteiger charge is -2.30. The molecule has 1 aromatic carbocycles. The molecule has 116 valence electrons. The molecule has 0 atom stereocenters. The standard InChI is InChI=1S/C16H19N3O3/c1-2-22-10-9-19-12-6-4-3-5-11(12)18-8-7-13(20)14(15(17)21)16(18)19/h3-6H,2,7-10H2,1H3,(H2,17,21). The van der Waals surface area contributed by atoms with E-state index in [1.54, 1.807) is 0 Å². The molecule has 0 fully saturated rings. The Morgan fingerprint density at radius 3 is 2.73 bits per heavy atom. The van der Waals surface area contributed by atoms with Crippen LogP contribution in [0.2, 0.25) is 0 Å². The number of fused-ring (bicyclic) bond motifs is 3. The molecule has 0 aromatic heterocycles. The number of benzene rings is 1. The Labute approximate surface area is 129 Å². The highest BCUT2D eigenvalue weighted by molar-refractivity contribution is 6.21. The van der Waals surface area contributed by atoms with Crippen molar-refractivity contribution in [2.24, 2.45) is 5.73 Å². The van der Waals surface area contributed by atoms with Gasteiger partial charge in [0.25, 0.3) is 5.91 Å². The topological polar surface area (TPSA) is 75.9 Å². The molecule has 0 saturated heterocycles. The van der Waals surface area contributed by atoms with E-state index in [9.17, 15) is 9.59 Å². The number of carbonyl (C=O) groups is 2. The predicted molar refractivity (Wildman–Crippen MR) is 83.5 cm³/mol. The van der Waals surface area contributed by atoms with Gasteiger partial charge in [-0.2, -0.15) is 0 Å². The normalized spacial score (nSPS) is 16.9. The summed E-state index contributed by atoms with van der Waals surface area (Å²) in [6, 6.07) is 7.86. The van der Waals surface area contributed by atoms with Gasteiger partial charge >= 0.3 is 0 Å². The Morgan fingerprint density at radius 2 is 2.05 bits per heavy atom. The maximum atomic E-state index is 12.2. The first-order chi connectivity index (χ1) is 10.6. The number of nitrogens with two attached hydrogens (primary N) is 1. The number of nitrogens with zero attached hydrogens (tertiary/aromatic N) is 2. The van der Waals surface area contributed by atoms with E-state index in [0.29, 0.717) is 38.5 Å². The molecular formula is C16H19N3O3. The largest absolute Gasteiger partial charge is 0.380 e. The number of hydrogen-bond donors (Lipinski definition) is 1. The van der Waals surface area contributed by atoms with Crippen molar-refractivity contribution in [3.05, 3.63) is 35.7 Å². The van der Waals surface area contributed by atoms with Crippen LogP contribution in [0.1, 0.15) is 13.3 Å². The van der Waals surface area contributed by atoms with Crippen molar-refractivity contribution in [3.63, 3.8) is 0 Å². The summed E-state index contributed by atoms with van der Waals surface area (Å²) >= 11 is 0. The van der Waals surface area contributed by atoms with Gasteiger partial charge in [-0.05, 0) is 19.1 Å². The van der Waals surface area contributed by atoms with Crippen molar-refractivity contribution >= 4 is 23.1 Å². The van der Waals surface area contributed by atoms with Gasteiger partial charge in [0.05, 0.1) is 18.0 Å². The van der Waals surface area contributed by atoms with Crippen molar-refractivity contribution in [2.45, 2.75) is 13.3 Å². The molecule has 2 N–H and O–H groups in total. The molecule has 0 aliphatic carbocycles. The summed E-state index contributed by atoms with van der Waals surface area (Å²) < 4.78 is 5.43. The van der Waals surface area contributed by atoms with Crippen molar-refractivity contribution in [1.82, 2.24) is 0 Å². The SMILES string of the molecule is CCOCCN1C2=C(C(N)=O)C(=O)CCN2c2ccccc21. The zero-order chi connectivity index (χ0) is 15.7. The summed E-state index contributed by atoms with van der Waals surface area (Å²) in [4.78, 5) is 27.9. The van der Waals surface area contributed by atoms with Crippen LogP contribution < -0.4 is 15.5 Å². The number of anilines is 2. The van der Waals surface area contributed by atoms with Gasteiger partial charge < -0.3 is 20.3 Å². The number of ketones is 1. The first-order valence-electron chi connectivity index (χ1n) is 7.44. The van der Waals surface area contributed by atoms with E-state index in [1.807, 2.05) is 41.0 Å². The molecule has 2 aliphatic heterocycles. The van der Waals surface area contributed by atoms with E-state index in [-0.39, 0.29) is 11.4 Å². The van der Waals surface area contributed by atoms with Crippen LogP contribution in [-0.2, 0) is 14.3 Å². The van der Waals surface area contributed by atoms with Gasteiger partial charge in [0.2, 0.25) is 0 Å². The minimum Gasteiger partial charge on any atom is -0.380 e. The second kappa shape index (κ2) is 5.81. The Bertz CT molecular complexity index is 654. The Morgan fingerprint density at radius 1 is 1.32 bits per heavy atom. The van der Waals surface area contributed by atoms with Gasteiger partial charge in [-0.3, -0.25) is 9.59 Å². The van der Waals surface area contributed by atoms with Gasteiger partial charge in [-0.1, -0.05) is 12.1 Å². The summed E-state index contributed by atoms with van der Waals surface area (Å²) in [5.41, 5.74) is 7.54. The second-order valence-electron chi connectivity index (χ2n) is 5.22. The quantitative estimate of drug-likeness (QED) is 0.649. The summed E-state index contributed by atoms with van der Waals surface area (Å²) in [6.07, 6.45) is 0.301. The third-order valence-electron chi connectivity index (χ3n) is 3.95. The monoisotopic (exact) mass is 301 g/mol. The molecule has 3 rings (SSSR count). The lowest BCUT2D eigenvalue weighted by atomic mass is 10.0. The second-order valence-corrected chi connectivity index (χ2v) is 5.22. The summed E-state index contributed by atoms with van der Waals surface area (Å²) in [6.45, 7) is 4.21. The molecule has 0 bridgehead atoms. The van der Waals surface area contributed by atoms with Gasteiger partial charge in [-0.25, -0.2) is 0 Å². The maximum Gasteiger partial charge on any atom is 0.256 e. The zero-order valence-electron chi connectivity index (χ0n) is 12.5. The number of ether oxygens (including phenoxy) is 1. The molecule has 22 heavy (non-hydrogen) atoms. The molecular weight excluding hydrogens is 282 g/mol. The first-order valence-corrected chi connectivity index (χ1v) is 7.44. The Kier molecular flexibility index (Phi) is 3.85. The van der Waals surface area contributed by atoms with Crippen LogP contribution in [0.5, 0.6) is 0 Å². The van der Waals surface area contributed by atoms with Gasteiger partial charge in [0.1, 0.15) is 11.4 Å². The fourth-order valence-electron chi connectivity index (χ4n) is 3.03. The highest BCUT2D eigenvalue weighted by Gasteiger charge is 2.39. The van der Waals surface area contributed by atoms with Gasteiger partial charge in [0.15, 0.2) is 5.78 Å². The molecule has 1 aromatic rings. The third-order valence-corrected chi connectivity index (χ3v) is 3.95. The van der Waals surface area contributed by atoms with E-state index < -0.39 is 5.91 Å². The molecule has 0 spiro atoms. The van der Waals surface area contributed by atoms with Crippen molar-refractivity contribution in [3.8, 4) is 0 Å². The first kappa shape index (κ1) is 14.6. The minimum atomic E-state index is -0.668. The fourth-order valence-corrected chi connectivity index (χ4v) is 3.03. The Hall–Kier alpha value is -2.34. The van der Waals surface area contributed by atoms with E-state index >= 15 is 0 Å². The van der Waals surface area contributed by atoms with E-state index in [2.05, 4.69) is 0 Å². The van der Waals surface area contributed by atoms with Crippen LogP contribution in [0.3, 0.4) is 0 Å². The third kappa shape index (κ3) is 2.25. The highest BCUT2D eigenvalue weighted by Crippen LogP contribution is 2.44. The molecule has 1 amide bonds. The smallest absolute Gasteiger partial charge is 0.256 e. The molecule has 2 aliphatic rings. The summed E-state index contributed by atoms with van der Waals surface area (Å²) in [7, 11) is 0. The fraction of sp³-hybridized carbons (Fsp3) is 0.375. The van der Waals surface area contributed by atoms with Gasteiger partial charge in [-0.15, -0.1) is 0 Å². The van der Waals surface area contributed by atoms with Gasteiger partial charge in [0, 0.05) is 26.1 Å². The number of para-hydroxylation sites is 2. The van der Waals surface area contributed by atoms with E-state index in [1.165, 1.54) is 0 Å². The van der Waals surface area contributed by atoms with Crippen LogP contribution in [0, 0.1) is 0 Å². The van der Waals surface area contributed by atoms with Crippen LogP contribution in [0.4, 0.5) is 11.4 Å². The number of primary amides is 1. The molecule has 2 heterocycles. The average molecular weight is 301 g/mol. The molecule has 0 saturated carbocycles. The lowest BCUT2D eigenvalue weighted by molar-refractivity contribution is -0.121. The van der Waals surface area contributed by atoms with E-state index in [0.717, 1.165) is 11.4 Å². The number of hydrogen-bond acceptors (Lipinski definition) is 5. The van der Waals surface area contributed by atoms with Crippen LogP contribution >= 0.6 is 0 Å². The van der Waals surface area contributed by atoms with Crippen LogP contribution in [0.25, 0.3) is 0 Å².